The van der Waals surface area contributed by atoms with Gasteiger partial charge in [-0.1, -0.05) is 6.58 Å². The molecule has 0 spiro atoms. The number of aromatic nitrogens is 4. The predicted molar refractivity (Wildman–Crippen MR) is 146 cm³/mol. The third-order valence-electron chi connectivity index (χ3n) is 8.13. The van der Waals surface area contributed by atoms with Gasteiger partial charge in [-0.3, -0.25) is 19.4 Å². The van der Waals surface area contributed by atoms with Crippen LogP contribution >= 0.6 is 0 Å². The first-order valence-electron chi connectivity index (χ1n) is 13.4. The third-order valence-corrected chi connectivity index (χ3v) is 8.13. The van der Waals surface area contributed by atoms with Gasteiger partial charge in [-0.2, -0.15) is 5.10 Å². The summed E-state index contributed by atoms with van der Waals surface area (Å²) in [6, 6.07) is 4.60. The maximum atomic E-state index is 12.3. The van der Waals surface area contributed by atoms with Crippen molar-refractivity contribution in [1.82, 2.24) is 29.5 Å². The molecule has 1 atom stereocenters. The minimum absolute atomic E-state index is 0.0883. The zero-order chi connectivity index (χ0) is 26.4. The molecule has 38 heavy (non-hydrogen) atoms. The van der Waals surface area contributed by atoms with Gasteiger partial charge in [0.2, 0.25) is 5.91 Å². The Morgan fingerprint density at radius 1 is 1.21 bits per heavy atom. The number of hydrogen-bond acceptors (Lipinski definition) is 7. The van der Waals surface area contributed by atoms with Crippen molar-refractivity contribution in [3.05, 3.63) is 59.8 Å². The minimum atomic E-state index is 0.0883. The van der Waals surface area contributed by atoms with Gasteiger partial charge < -0.3 is 15.0 Å². The Kier molecular flexibility index (Phi) is 6.39. The van der Waals surface area contributed by atoms with Crippen molar-refractivity contribution >= 4 is 17.4 Å². The lowest BCUT2D eigenvalue weighted by molar-refractivity contribution is -0.126. The third kappa shape index (κ3) is 4.55. The molecule has 0 saturated carbocycles. The van der Waals surface area contributed by atoms with Gasteiger partial charge in [0.1, 0.15) is 12.4 Å². The van der Waals surface area contributed by atoms with Crippen LogP contribution in [0.2, 0.25) is 0 Å². The fourth-order valence-electron chi connectivity index (χ4n) is 6.07. The standard InChI is InChI=1S/C29H35N7O2/c1-18(2)29(37)36-12-8-22(16-36)35-10-6-20(7-11-35)25-13-26-27(19(3)32-25)38-17-24-23(5-9-30-28(24)33-26)21-14-31-34(4)15-21/h5,9,13-15,20,22H,1,6-8,10-12,16-17H2,2-4H3,(H,30,33)/t22-/m0/s1. The molecular formula is C29H35N7O2. The van der Waals surface area contributed by atoms with E-state index in [4.69, 9.17) is 9.72 Å². The summed E-state index contributed by atoms with van der Waals surface area (Å²) in [6.07, 6.45) is 8.85. The van der Waals surface area contributed by atoms with Crippen LogP contribution in [0.3, 0.4) is 0 Å². The number of amides is 1. The number of hydrogen-bond donors (Lipinski definition) is 1. The highest BCUT2D eigenvalue weighted by Crippen LogP contribution is 2.40. The van der Waals surface area contributed by atoms with Gasteiger partial charge in [-0.05, 0) is 63.9 Å². The highest BCUT2D eigenvalue weighted by Gasteiger charge is 2.33. The number of nitrogens with zero attached hydrogens (tertiary/aromatic N) is 6. The molecule has 6 heterocycles. The lowest BCUT2D eigenvalue weighted by atomic mass is 9.91. The number of aryl methyl sites for hydroxylation is 2. The molecule has 0 bridgehead atoms. The number of carbonyl (C=O) groups is 1. The van der Waals surface area contributed by atoms with Crippen molar-refractivity contribution in [3.8, 4) is 16.9 Å². The van der Waals surface area contributed by atoms with Gasteiger partial charge in [0.25, 0.3) is 0 Å². The molecule has 198 valence electrons. The van der Waals surface area contributed by atoms with Crippen LogP contribution in [0.15, 0.2) is 42.9 Å². The molecule has 3 aliphatic heterocycles. The second-order valence-electron chi connectivity index (χ2n) is 10.8. The molecule has 0 radical (unpaired) electrons. The molecule has 6 rings (SSSR count). The Labute approximate surface area is 223 Å². The molecule has 3 aromatic rings. The summed E-state index contributed by atoms with van der Waals surface area (Å²) in [6.45, 7) is 11.7. The Bertz CT molecular complexity index is 1390. The first-order valence-corrected chi connectivity index (χ1v) is 13.4. The van der Waals surface area contributed by atoms with Crippen LogP contribution in [-0.4, -0.2) is 67.7 Å². The predicted octanol–water partition coefficient (Wildman–Crippen LogP) is 4.18. The van der Waals surface area contributed by atoms with Crippen molar-refractivity contribution in [2.75, 3.05) is 31.5 Å². The number of piperidine rings is 1. The van der Waals surface area contributed by atoms with Crippen LogP contribution in [0, 0.1) is 6.92 Å². The Morgan fingerprint density at radius 3 is 2.76 bits per heavy atom. The van der Waals surface area contributed by atoms with Crippen LogP contribution in [0.5, 0.6) is 5.75 Å². The van der Waals surface area contributed by atoms with Crippen molar-refractivity contribution in [2.24, 2.45) is 7.05 Å². The summed E-state index contributed by atoms with van der Waals surface area (Å²) < 4.78 is 8.11. The summed E-state index contributed by atoms with van der Waals surface area (Å²) in [5.74, 6) is 2.08. The van der Waals surface area contributed by atoms with Gasteiger partial charge >= 0.3 is 0 Å². The molecule has 1 N–H and O–H groups in total. The summed E-state index contributed by atoms with van der Waals surface area (Å²) in [7, 11) is 1.92. The molecule has 2 fully saturated rings. The van der Waals surface area contributed by atoms with Crippen LogP contribution in [-0.2, 0) is 18.4 Å². The Morgan fingerprint density at radius 2 is 2.03 bits per heavy atom. The van der Waals surface area contributed by atoms with E-state index in [1.807, 2.05) is 43.5 Å². The van der Waals surface area contributed by atoms with Gasteiger partial charge in [0.15, 0.2) is 5.75 Å². The number of anilines is 2. The topological polar surface area (TPSA) is 88.4 Å². The van der Waals surface area contributed by atoms with E-state index in [0.29, 0.717) is 24.1 Å². The van der Waals surface area contributed by atoms with E-state index in [9.17, 15) is 4.79 Å². The second-order valence-corrected chi connectivity index (χ2v) is 10.8. The number of pyridine rings is 2. The van der Waals surface area contributed by atoms with Crippen LogP contribution in [0.1, 0.15) is 49.1 Å². The summed E-state index contributed by atoms with van der Waals surface area (Å²) >= 11 is 0. The molecular weight excluding hydrogens is 478 g/mol. The van der Waals surface area contributed by atoms with E-state index in [0.717, 1.165) is 90.8 Å². The first kappa shape index (κ1) is 24.6. The number of ether oxygens (including phenoxy) is 1. The van der Waals surface area contributed by atoms with Crippen molar-refractivity contribution in [3.63, 3.8) is 0 Å². The smallest absolute Gasteiger partial charge is 0.248 e. The second kappa shape index (κ2) is 9.87. The lowest BCUT2D eigenvalue weighted by Gasteiger charge is -2.36. The summed E-state index contributed by atoms with van der Waals surface area (Å²) in [5.41, 5.74) is 6.67. The summed E-state index contributed by atoms with van der Waals surface area (Å²) in [5, 5.41) is 7.89. The zero-order valence-electron chi connectivity index (χ0n) is 22.4. The molecule has 2 saturated heterocycles. The van der Waals surface area contributed by atoms with E-state index in [2.05, 4.69) is 32.9 Å². The molecule has 3 aromatic heterocycles. The maximum absolute atomic E-state index is 12.3. The maximum Gasteiger partial charge on any atom is 0.248 e. The highest BCUT2D eigenvalue weighted by atomic mass is 16.5. The van der Waals surface area contributed by atoms with Gasteiger partial charge in [-0.15, -0.1) is 0 Å². The normalized spacial score (nSPS) is 19.8. The number of nitrogens with one attached hydrogen (secondary N) is 1. The van der Waals surface area contributed by atoms with Gasteiger partial charge in [-0.25, -0.2) is 4.98 Å². The van der Waals surface area contributed by atoms with Crippen molar-refractivity contribution < 1.29 is 9.53 Å². The van der Waals surface area contributed by atoms with E-state index in [1.54, 1.807) is 11.6 Å². The van der Waals surface area contributed by atoms with E-state index in [-0.39, 0.29) is 5.91 Å². The SMILES string of the molecule is C=C(C)C(=O)N1CC[C@H](N2CCC(c3cc4c(c(C)n3)OCc3c(-c5cnn(C)c5)ccnc3N4)CC2)C1. The van der Waals surface area contributed by atoms with Gasteiger partial charge in [0, 0.05) is 66.9 Å². The average Bonchev–Trinajstić information content (AvgIpc) is 3.53. The van der Waals surface area contributed by atoms with Crippen molar-refractivity contribution in [2.45, 2.75) is 51.7 Å². The van der Waals surface area contributed by atoms with Crippen LogP contribution in [0.25, 0.3) is 11.1 Å². The Balaban J connectivity index is 1.17. The Hall–Kier alpha value is -3.72. The minimum Gasteiger partial charge on any atom is -0.485 e. The highest BCUT2D eigenvalue weighted by molar-refractivity contribution is 5.92. The molecule has 3 aliphatic rings. The fourth-order valence-corrected chi connectivity index (χ4v) is 6.07. The molecule has 9 heteroatoms. The summed E-state index contributed by atoms with van der Waals surface area (Å²) in [4.78, 5) is 26.5. The number of carbonyl (C=O) groups excluding carboxylic acids is 1. The fraction of sp³-hybridized carbons (Fsp3) is 0.448. The monoisotopic (exact) mass is 513 g/mol. The number of rotatable bonds is 4. The van der Waals surface area contributed by atoms with Crippen LogP contribution in [0.4, 0.5) is 11.5 Å². The van der Waals surface area contributed by atoms with E-state index in [1.165, 1.54) is 0 Å². The number of likely N-dealkylation sites (tertiary alicyclic amines) is 2. The number of fused-ring (bicyclic) bond motifs is 2. The van der Waals surface area contributed by atoms with E-state index < -0.39 is 0 Å². The van der Waals surface area contributed by atoms with Gasteiger partial charge in [0.05, 0.1) is 17.6 Å². The lowest BCUT2D eigenvalue weighted by Crippen LogP contribution is -2.43. The molecule has 9 nitrogen and oxygen atoms in total. The van der Waals surface area contributed by atoms with Crippen molar-refractivity contribution in [1.29, 1.82) is 0 Å². The molecule has 0 unspecified atom stereocenters. The van der Waals surface area contributed by atoms with Crippen LogP contribution < -0.4 is 10.1 Å². The molecule has 1 amide bonds. The molecule has 0 aromatic carbocycles. The zero-order valence-corrected chi connectivity index (χ0v) is 22.4. The average molecular weight is 514 g/mol. The first-order chi connectivity index (χ1) is 18.4. The quantitative estimate of drug-likeness (QED) is 0.524. The largest absolute Gasteiger partial charge is 0.485 e. The van der Waals surface area contributed by atoms with E-state index >= 15 is 0 Å². The molecule has 0 aliphatic carbocycles.